The number of hydrogen-bond donors (Lipinski definition) is 5. The largest absolute Gasteiger partial charge is 0.507 e. The molecule has 0 bridgehead atoms. The van der Waals surface area contributed by atoms with Crippen LogP contribution in [0, 0.1) is 0 Å². The zero-order chi connectivity index (χ0) is 28.7. The van der Waals surface area contributed by atoms with Gasteiger partial charge in [0.2, 0.25) is 10.0 Å². The molecule has 0 saturated carbocycles. The monoisotopic (exact) mass is 576 g/mol. The van der Waals surface area contributed by atoms with Crippen molar-refractivity contribution in [3.63, 3.8) is 0 Å². The number of nitrogens with one attached hydrogen (secondary N) is 2. The number of hydrogen-bond acceptors (Lipinski definition) is 9. The number of phenols is 1. The molecule has 2 aromatic carbocycles. The van der Waals surface area contributed by atoms with Crippen molar-refractivity contribution < 1.29 is 42.9 Å². The van der Waals surface area contributed by atoms with Crippen molar-refractivity contribution in [3.8, 4) is 5.75 Å². The number of aromatic carboxylic acids is 1. The molecule has 0 aliphatic heterocycles. The number of nitrogens with zero attached hydrogens (tertiary/aromatic N) is 2. The molecule has 3 rings (SSSR count). The molecule has 13 nitrogen and oxygen atoms in total. The second kappa shape index (κ2) is 12.6. The van der Waals surface area contributed by atoms with Crippen molar-refractivity contribution in [3.05, 3.63) is 71.5 Å². The molecule has 0 radical (unpaired) electrons. The fourth-order valence-electron chi connectivity index (χ4n) is 3.28. The number of imidazole rings is 1. The number of ketones is 1. The summed E-state index contributed by atoms with van der Waals surface area (Å²) in [4.78, 5) is 51.5. The minimum atomic E-state index is -4.12. The summed E-state index contributed by atoms with van der Waals surface area (Å²) in [5.74, 6) is -4.61. The highest BCUT2D eigenvalue weighted by Gasteiger charge is 2.25. The summed E-state index contributed by atoms with van der Waals surface area (Å²) in [5, 5.41) is 30.8. The highest BCUT2D eigenvalue weighted by molar-refractivity contribution is 7.99. The quantitative estimate of drug-likeness (QED) is 0.183. The van der Waals surface area contributed by atoms with Gasteiger partial charge < -0.3 is 25.2 Å². The maximum absolute atomic E-state index is 12.7. The van der Waals surface area contributed by atoms with Crippen LogP contribution < -0.4 is 10.0 Å². The van der Waals surface area contributed by atoms with E-state index in [4.69, 9.17) is 5.11 Å². The third-order valence-electron chi connectivity index (χ3n) is 5.38. The molecule has 1 atom stereocenters. The molecule has 0 aliphatic rings. The summed E-state index contributed by atoms with van der Waals surface area (Å²) < 4.78 is 29.1. The van der Waals surface area contributed by atoms with Crippen molar-refractivity contribution in [2.24, 2.45) is 7.05 Å². The molecule has 1 unspecified atom stereocenters. The van der Waals surface area contributed by atoms with Crippen LogP contribution in [0.3, 0.4) is 0 Å². The molecular weight excluding hydrogens is 552 g/mol. The lowest BCUT2D eigenvalue weighted by Gasteiger charge is -2.16. The lowest BCUT2D eigenvalue weighted by atomic mass is 10.1. The molecule has 0 aliphatic carbocycles. The maximum atomic E-state index is 12.7. The number of carboxylic acids is 2. The standard InChI is InChI=1S/C24H24N4O9S2/c1-28-9-8-25-24(28)38-13-20(30)18(11-21(31)32)27-22(33)15-4-2-14(3-5-15)12-26-39(36,37)16-6-7-19(29)17(10-16)23(34)35/h2-10,18,26,29H,11-13H2,1H3,(H,27,33)(H,31,32)(H,34,35). The van der Waals surface area contributed by atoms with E-state index in [9.17, 15) is 37.8 Å². The Labute approximate surface area is 226 Å². The lowest BCUT2D eigenvalue weighted by Crippen LogP contribution is -2.43. The van der Waals surface area contributed by atoms with Crippen molar-refractivity contribution >= 4 is 45.4 Å². The molecule has 1 heterocycles. The molecule has 3 aromatic rings. The first-order valence-corrected chi connectivity index (χ1v) is 13.6. The van der Waals surface area contributed by atoms with Gasteiger partial charge in [0.15, 0.2) is 10.9 Å². The van der Waals surface area contributed by atoms with Crippen molar-refractivity contribution in [2.75, 3.05) is 5.75 Å². The predicted octanol–water partition coefficient (Wildman–Crippen LogP) is 1.24. The van der Waals surface area contributed by atoms with Crippen LogP contribution in [-0.2, 0) is 33.2 Å². The summed E-state index contributed by atoms with van der Waals surface area (Å²) in [6.45, 7) is -0.196. The van der Waals surface area contributed by atoms with E-state index in [2.05, 4.69) is 15.0 Å². The van der Waals surface area contributed by atoms with E-state index < -0.39 is 57.4 Å². The van der Waals surface area contributed by atoms with Gasteiger partial charge in [-0.2, -0.15) is 0 Å². The lowest BCUT2D eigenvalue weighted by molar-refractivity contribution is -0.139. The smallest absolute Gasteiger partial charge is 0.339 e. The number of amides is 1. The SMILES string of the molecule is Cn1ccnc1SCC(=O)C(CC(=O)O)NC(=O)c1ccc(CNS(=O)(=O)c2ccc(O)c(C(=O)O)c2)cc1. The van der Waals surface area contributed by atoms with Crippen LogP contribution in [0.25, 0.3) is 0 Å². The minimum absolute atomic E-state index is 0.100. The van der Waals surface area contributed by atoms with Gasteiger partial charge in [-0.15, -0.1) is 0 Å². The number of carboxylic acid groups (broad SMARTS) is 2. The zero-order valence-electron chi connectivity index (χ0n) is 20.4. The van der Waals surface area contributed by atoms with E-state index in [0.717, 1.165) is 30.0 Å². The van der Waals surface area contributed by atoms with E-state index in [0.29, 0.717) is 10.7 Å². The molecule has 5 N–H and O–H groups in total. The summed E-state index contributed by atoms with van der Waals surface area (Å²) in [6, 6.07) is 7.27. The van der Waals surface area contributed by atoms with Gasteiger partial charge in [0.05, 0.1) is 23.1 Å². The molecule has 0 fully saturated rings. The van der Waals surface area contributed by atoms with Crippen LogP contribution in [0.4, 0.5) is 0 Å². The molecule has 15 heteroatoms. The molecule has 1 aromatic heterocycles. The van der Waals surface area contributed by atoms with Crippen LogP contribution in [0.1, 0.15) is 32.7 Å². The number of Topliss-reactive ketones (excluding diaryl/α,β-unsaturated/α-hetero) is 1. The Bertz CT molecular complexity index is 1500. The summed E-state index contributed by atoms with van der Waals surface area (Å²) in [5.41, 5.74) is 0.00586. The Balaban J connectivity index is 1.62. The van der Waals surface area contributed by atoms with Crippen molar-refractivity contribution in [1.29, 1.82) is 0 Å². The zero-order valence-corrected chi connectivity index (χ0v) is 22.0. The van der Waals surface area contributed by atoms with Crippen LogP contribution in [-0.4, -0.2) is 68.7 Å². The maximum Gasteiger partial charge on any atom is 0.339 e. The Hall–Kier alpha value is -4.21. The number of aliphatic carboxylic acids is 1. The van der Waals surface area contributed by atoms with Gasteiger partial charge in [0.1, 0.15) is 11.3 Å². The first-order valence-electron chi connectivity index (χ1n) is 11.2. The molecule has 0 spiro atoms. The normalized spacial score (nSPS) is 12.0. The van der Waals surface area contributed by atoms with Crippen LogP contribution in [0.15, 0.2) is 64.9 Å². The number of carbonyl (C=O) groups excluding carboxylic acids is 2. The van der Waals surface area contributed by atoms with E-state index in [-0.39, 0.29) is 22.8 Å². The molecule has 0 saturated heterocycles. The number of aromatic hydroxyl groups is 1. The fraction of sp³-hybridized carbons (Fsp3) is 0.208. The number of carbonyl (C=O) groups is 4. The van der Waals surface area contributed by atoms with Crippen LogP contribution >= 0.6 is 11.8 Å². The molecule has 39 heavy (non-hydrogen) atoms. The van der Waals surface area contributed by atoms with Crippen molar-refractivity contribution in [1.82, 2.24) is 19.6 Å². The summed E-state index contributed by atoms with van der Waals surface area (Å²) >= 11 is 1.11. The first kappa shape index (κ1) is 29.3. The molecule has 1 amide bonds. The molecular formula is C24H24N4O9S2. The van der Waals surface area contributed by atoms with E-state index in [1.165, 1.54) is 24.3 Å². The van der Waals surface area contributed by atoms with Gasteiger partial charge in [0.25, 0.3) is 5.91 Å². The average molecular weight is 577 g/mol. The third kappa shape index (κ3) is 7.89. The topological polar surface area (TPSA) is 205 Å². The third-order valence-corrected chi connectivity index (χ3v) is 7.86. The van der Waals surface area contributed by atoms with Gasteiger partial charge in [0, 0.05) is 31.5 Å². The van der Waals surface area contributed by atoms with Gasteiger partial charge >= 0.3 is 11.9 Å². The van der Waals surface area contributed by atoms with Gasteiger partial charge in [-0.05, 0) is 35.9 Å². The van der Waals surface area contributed by atoms with Crippen LogP contribution in [0.2, 0.25) is 0 Å². The number of sulfonamides is 1. The first-order chi connectivity index (χ1) is 18.4. The average Bonchev–Trinajstić information content (AvgIpc) is 3.30. The summed E-state index contributed by atoms with van der Waals surface area (Å²) in [6.07, 6.45) is 2.65. The highest BCUT2D eigenvalue weighted by atomic mass is 32.2. The number of thioether (sulfide) groups is 1. The van der Waals surface area contributed by atoms with Gasteiger partial charge in [-0.25, -0.2) is 22.9 Å². The van der Waals surface area contributed by atoms with E-state index >= 15 is 0 Å². The Morgan fingerprint density at radius 2 is 1.77 bits per heavy atom. The fourth-order valence-corrected chi connectivity index (χ4v) is 5.19. The van der Waals surface area contributed by atoms with Crippen molar-refractivity contribution in [2.45, 2.75) is 29.1 Å². The van der Waals surface area contributed by atoms with E-state index in [1.54, 1.807) is 24.0 Å². The van der Waals surface area contributed by atoms with E-state index in [1.807, 2.05) is 0 Å². The Kier molecular flexibility index (Phi) is 9.45. The second-order valence-electron chi connectivity index (χ2n) is 8.21. The summed E-state index contributed by atoms with van der Waals surface area (Å²) in [7, 11) is -2.38. The Morgan fingerprint density at radius 3 is 2.36 bits per heavy atom. The van der Waals surface area contributed by atoms with Gasteiger partial charge in [-0.1, -0.05) is 23.9 Å². The minimum Gasteiger partial charge on any atom is -0.507 e. The number of aryl methyl sites for hydroxylation is 1. The number of rotatable bonds is 13. The highest BCUT2D eigenvalue weighted by Crippen LogP contribution is 2.21. The second-order valence-corrected chi connectivity index (χ2v) is 10.9. The van der Waals surface area contributed by atoms with Gasteiger partial charge in [-0.3, -0.25) is 14.4 Å². The number of aromatic nitrogens is 2. The molecule has 206 valence electrons. The van der Waals surface area contributed by atoms with Crippen LogP contribution in [0.5, 0.6) is 5.75 Å². The predicted molar refractivity (Wildman–Crippen MR) is 138 cm³/mol. The number of benzene rings is 2. The Morgan fingerprint density at radius 1 is 1.08 bits per heavy atom.